The number of carbonyl (C=O) groups is 1. The zero-order valence-corrected chi connectivity index (χ0v) is 15.8. The lowest BCUT2D eigenvalue weighted by Gasteiger charge is -2.17. The van der Waals surface area contributed by atoms with Gasteiger partial charge in [0.1, 0.15) is 5.56 Å². The molecule has 2 aromatic rings. The van der Waals surface area contributed by atoms with Crippen molar-refractivity contribution in [3.05, 3.63) is 68.6 Å². The van der Waals surface area contributed by atoms with Crippen molar-refractivity contribution in [1.82, 2.24) is 15.2 Å². The fourth-order valence-corrected chi connectivity index (χ4v) is 3.89. The number of H-pyrrole nitrogens is 1. The van der Waals surface area contributed by atoms with E-state index in [-0.39, 0.29) is 17.0 Å². The largest absolute Gasteiger partial charge is 0.351 e. The molecule has 2 heterocycles. The first-order chi connectivity index (χ1) is 12.5. The van der Waals surface area contributed by atoms with Crippen LogP contribution in [0.1, 0.15) is 45.1 Å². The highest BCUT2D eigenvalue weighted by Gasteiger charge is 2.24. The second kappa shape index (κ2) is 7.87. The molecule has 0 spiro atoms. The monoisotopic (exact) mass is 353 g/mol. The predicted molar refractivity (Wildman–Crippen MR) is 104 cm³/mol. The standard InChI is InChI=1S/C21H27N3O2/c1-14-6-4-5-7-18(14)17-8-10-24(13-17)11-9-22-20(25)19-15(2)12-16(3)23-21(19)26/h4-7,12,17H,8-11,13H2,1-3H3,(H,22,25)(H,23,26). The molecule has 1 saturated heterocycles. The first kappa shape index (κ1) is 18.4. The Balaban J connectivity index is 1.53. The zero-order valence-electron chi connectivity index (χ0n) is 15.8. The Bertz CT molecular complexity index is 857. The highest BCUT2D eigenvalue weighted by Crippen LogP contribution is 2.28. The van der Waals surface area contributed by atoms with Crippen LogP contribution < -0.4 is 10.9 Å². The second-order valence-corrected chi connectivity index (χ2v) is 7.24. The Morgan fingerprint density at radius 3 is 2.73 bits per heavy atom. The third-order valence-corrected chi connectivity index (χ3v) is 5.21. The summed E-state index contributed by atoms with van der Waals surface area (Å²) in [5.74, 6) is 0.271. The zero-order chi connectivity index (χ0) is 18.7. The van der Waals surface area contributed by atoms with Gasteiger partial charge in [-0.05, 0) is 62.4 Å². The van der Waals surface area contributed by atoms with E-state index in [0.717, 1.165) is 31.7 Å². The molecule has 0 bridgehead atoms. The van der Waals surface area contributed by atoms with Gasteiger partial charge in [-0.2, -0.15) is 0 Å². The van der Waals surface area contributed by atoms with E-state index in [1.807, 2.05) is 13.0 Å². The molecule has 0 saturated carbocycles. The smallest absolute Gasteiger partial charge is 0.261 e. The molecule has 138 valence electrons. The minimum absolute atomic E-state index is 0.217. The maximum absolute atomic E-state index is 12.4. The number of amides is 1. The first-order valence-electron chi connectivity index (χ1n) is 9.22. The lowest BCUT2D eigenvalue weighted by atomic mass is 9.94. The number of hydrogen-bond donors (Lipinski definition) is 2. The number of rotatable bonds is 5. The average molecular weight is 353 g/mol. The molecule has 0 radical (unpaired) electrons. The van der Waals surface area contributed by atoms with E-state index in [1.165, 1.54) is 11.1 Å². The molecule has 0 aliphatic carbocycles. The van der Waals surface area contributed by atoms with E-state index in [9.17, 15) is 9.59 Å². The van der Waals surface area contributed by atoms with Crippen LogP contribution in [0.5, 0.6) is 0 Å². The number of benzene rings is 1. The van der Waals surface area contributed by atoms with Crippen molar-refractivity contribution in [3.8, 4) is 0 Å². The van der Waals surface area contributed by atoms with Crippen molar-refractivity contribution in [2.24, 2.45) is 0 Å². The maximum atomic E-state index is 12.4. The van der Waals surface area contributed by atoms with Crippen molar-refractivity contribution in [2.75, 3.05) is 26.2 Å². The summed E-state index contributed by atoms with van der Waals surface area (Å²) >= 11 is 0. The topological polar surface area (TPSA) is 65.2 Å². The fraction of sp³-hybridized carbons (Fsp3) is 0.429. The average Bonchev–Trinajstić information content (AvgIpc) is 3.03. The summed E-state index contributed by atoms with van der Waals surface area (Å²) in [6, 6.07) is 10.4. The van der Waals surface area contributed by atoms with Gasteiger partial charge >= 0.3 is 0 Å². The SMILES string of the molecule is Cc1cc(C)c(C(=O)NCCN2CCC(c3ccccc3C)C2)c(=O)[nH]1. The molecule has 1 amide bonds. The third kappa shape index (κ3) is 4.05. The summed E-state index contributed by atoms with van der Waals surface area (Å²) < 4.78 is 0. The molecule has 1 fully saturated rings. The van der Waals surface area contributed by atoms with Crippen molar-refractivity contribution >= 4 is 5.91 Å². The van der Waals surface area contributed by atoms with Crippen LogP contribution in [0.25, 0.3) is 0 Å². The van der Waals surface area contributed by atoms with Crippen LogP contribution in [-0.2, 0) is 0 Å². The van der Waals surface area contributed by atoms with E-state index >= 15 is 0 Å². The van der Waals surface area contributed by atoms with Crippen LogP contribution >= 0.6 is 0 Å². The summed E-state index contributed by atoms with van der Waals surface area (Å²) in [5, 5.41) is 2.89. The van der Waals surface area contributed by atoms with E-state index in [2.05, 4.69) is 46.4 Å². The highest BCUT2D eigenvalue weighted by molar-refractivity contribution is 5.95. The molecule has 1 unspecified atom stereocenters. The van der Waals surface area contributed by atoms with Crippen LogP contribution in [0, 0.1) is 20.8 Å². The van der Waals surface area contributed by atoms with Crippen molar-refractivity contribution in [2.45, 2.75) is 33.1 Å². The molecule has 1 aromatic heterocycles. The summed E-state index contributed by atoms with van der Waals surface area (Å²) in [4.78, 5) is 29.5. The predicted octanol–water partition coefficient (Wildman–Crippen LogP) is 2.52. The van der Waals surface area contributed by atoms with Crippen LogP contribution in [0.2, 0.25) is 0 Å². The minimum atomic E-state index is -0.319. The van der Waals surface area contributed by atoms with E-state index in [4.69, 9.17) is 0 Å². The molecule has 1 aromatic carbocycles. The van der Waals surface area contributed by atoms with Gasteiger partial charge in [0.25, 0.3) is 11.5 Å². The van der Waals surface area contributed by atoms with E-state index in [0.29, 0.717) is 18.0 Å². The number of carbonyl (C=O) groups excluding carboxylic acids is 1. The van der Waals surface area contributed by atoms with Crippen LogP contribution in [-0.4, -0.2) is 42.0 Å². The van der Waals surface area contributed by atoms with Gasteiger partial charge in [-0.1, -0.05) is 24.3 Å². The van der Waals surface area contributed by atoms with Gasteiger partial charge in [-0.15, -0.1) is 0 Å². The van der Waals surface area contributed by atoms with Gasteiger partial charge < -0.3 is 15.2 Å². The number of nitrogens with zero attached hydrogens (tertiary/aromatic N) is 1. The Morgan fingerprint density at radius 2 is 2.00 bits per heavy atom. The Morgan fingerprint density at radius 1 is 1.23 bits per heavy atom. The van der Waals surface area contributed by atoms with Crippen LogP contribution in [0.3, 0.4) is 0 Å². The molecular formula is C21H27N3O2. The van der Waals surface area contributed by atoms with Gasteiger partial charge in [0.2, 0.25) is 0 Å². The molecular weight excluding hydrogens is 326 g/mol. The molecule has 5 heteroatoms. The van der Waals surface area contributed by atoms with Gasteiger partial charge in [0.05, 0.1) is 0 Å². The second-order valence-electron chi connectivity index (χ2n) is 7.24. The molecule has 1 atom stereocenters. The summed E-state index contributed by atoms with van der Waals surface area (Å²) in [7, 11) is 0. The number of aromatic amines is 1. The van der Waals surface area contributed by atoms with E-state index < -0.39 is 0 Å². The number of aryl methyl sites for hydroxylation is 3. The van der Waals surface area contributed by atoms with Gasteiger partial charge in [-0.25, -0.2) is 0 Å². The number of aromatic nitrogens is 1. The molecule has 2 N–H and O–H groups in total. The normalized spacial score (nSPS) is 17.4. The molecule has 26 heavy (non-hydrogen) atoms. The van der Waals surface area contributed by atoms with Crippen molar-refractivity contribution in [1.29, 1.82) is 0 Å². The van der Waals surface area contributed by atoms with Crippen molar-refractivity contribution in [3.63, 3.8) is 0 Å². The molecule has 1 aliphatic rings. The summed E-state index contributed by atoms with van der Waals surface area (Å²) in [5.41, 5.74) is 4.16. The van der Waals surface area contributed by atoms with Gasteiger partial charge in [0, 0.05) is 25.3 Å². The van der Waals surface area contributed by atoms with Crippen molar-refractivity contribution < 1.29 is 4.79 Å². The summed E-state index contributed by atoms with van der Waals surface area (Å²) in [6.07, 6.45) is 1.15. The maximum Gasteiger partial charge on any atom is 0.261 e. The number of hydrogen-bond acceptors (Lipinski definition) is 3. The fourth-order valence-electron chi connectivity index (χ4n) is 3.89. The summed E-state index contributed by atoms with van der Waals surface area (Å²) in [6.45, 7) is 9.19. The number of pyridine rings is 1. The Hall–Kier alpha value is -2.40. The molecule has 3 rings (SSSR count). The lowest BCUT2D eigenvalue weighted by molar-refractivity contribution is 0.0947. The lowest BCUT2D eigenvalue weighted by Crippen LogP contribution is -2.36. The minimum Gasteiger partial charge on any atom is -0.351 e. The number of nitrogens with one attached hydrogen (secondary N) is 2. The molecule has 5 nitrogen and oxygen atoms in total. The highest BCUT2D eigenvalue weighted by atomic mass is 16.2. The number of likely N-dealkylation sites (tertiary alicyclic amines) is 1. The van der Waals surface area contributed by atoms with Crippen LogP contribution in [0.4, 0.5) is 0 Å². The molecule has 1 aliphatic heterocycles. The first-order valence-corrected chi connectivity index (χ1v) is 9.22. The Kier molecular flexibility index (Phi) is 5.57. The quantitative estimate of drug-likeness (QED) is 0.868. The van der Waals surface area contributed by atoms with E-state index in [1.54, 1.807) is 6.92 Å². The van der Waals surface area contributed by atoms with Gasteiger partial charge in [-0.3, -0.25) is 9.59 Å². The Labute approximate surface area is 154 Å². The third-order valence-electron chi connectivity index (χ3n) is 5.21. The van der Waals surface area contributed by atoms with Crippen LogP contribution in [0.15, 0.2) is 35.1 Å². The van der Waals surface area contributed by atoms with Gasteiger partial charge in [0.15, 0.2) is 0 Å².